The lowest BCUT2D eigenvalue weighted by atomic mass is 9.84. The highest BCUT2D eigenvalue weighted by atomic mass is 35.5. The van der Waals surface area contributed by atoms with Crippen LogP contribution < -0.4 is 5.73 Å². The largest absolute Gasteiger partial charge is 0.325 e. The lowest BCUT2D eigenvalue weighted by Gasteiger charge is -2.28. The molecule has 1 atom stereocenters. The molecule has 0 aliphatic rings. The molecule has 1 aromatic carbocycles. The Hall–Kier alpha value is -0.600. The van der Waals surface area contributed by atoms with Crippen LogP contribution in [0.1, 0.15) is 45.1 Å². The molecule has 0 radical (unpaired) electrons. The number of unbranched alkanes of at least 4 members (excludes halogenated alkanes) is 1. The zero-order valence-electron chi connectivity index (χ0n) is 10.6. The van der Waals surface area contributed by atoms with Gasteiger partial charge in [0.2, 0.25) is 0 Å². The van der Waals surface area contributed by atoms with Crippen LogP contribution in [0.4, 0.5) is 4.39 Å². The molecule has 1 aromatic rings. The molecule has 0 heterocycles. The summed E-state index contributed by atoms with van der Waals surface area (Å²) in [4.78, 5) is 0. The fourth-order valence-electron chi connectivity index (χ4n) is 1.96. The Balaban J connectivity index is 2.79. The third-order valence-electron chi connectivity index (χ3n) is 3.29. The van der Waals surface area contributed by atoms with E-state index in [1.165, 1.54) is 6.07 Å². The van der Waals surface area contributed by atoms with Crippen molar-refractivity contribution in [1.82, 2.24) is 0 Å². The van der Waals surface area contributed by atoms with Gasteiger partial charge in [-0.05, 0) is 37.0 Å². The molecule has 0 saturated heterocycles. The second-order valence-electron chi connectivity index (χ2n) is 4.73. The zero-order chi connectivity index (χ0) is 12.9. The van der Waals surface area contributed by atoms with E-state index in [1.807, 2.05) is 0 Å². The van der Waals surface area contributed by atoms with Crippen LogP contribution in [-0.4, -0.2) is 5.54 Å². The van der Waals surface area contributed by atoms with Gasteiger partial charge >= 0.3 is 0 Å². The van der Waals surface area contributed by atoms with Gasteiger partial charge in [0.25, 0.3) is 0 Å². The van der Waals surface area contributed by atoms with Gasteiger partial charge in [-0.15, -0.1) is 0 Å². The molecule has 96 valence electrons. The number of nitrogens with two attached hydrogens (primary N) is 1. The third kappa shape index (κ3) is 4.29. The van der Waals surface area contributed by atoms with Crippen LogP contribution in [0, 0.1) is 5.82 Å². The van der Waals surface area contributed by atoms with Crippen LogP contribution >= 0.6 is 11.6 Å². The molecule has 17 heavy (non-hydrogen) atoms. The molecule has 3 heteroatoms. The van der Waals surface area contributed by atoms with E-state index >= 15 is 0 Å². The summed E-state index contributed by atoms with van der Waals surface area (Å²) < 4.78 is 13.7. The van der Waals surface area contributed by atoms with Crippen molar-refractivity contribution in [1.29, 1.82) is 0 Å². The topological polar surface area (TPSA) is 26.0 Å². The summed E-state index contributed by atoms with van der Waals surface area (Å²) in [7, 11) is 0. The molecule has 2 N–H and O–H groups in total. The summed E-state index contributed by atoms with van der Waals surface area (Å²) >= 11 is 5.73. The summed E-state index contributed by atoms with van der Waals surface area (Å²) in [5.41, 5.74) is 6.68. The van der Waals surface area contributed by atoms with Gasteiger partial charge in [0, 0.05) is 10.6 Å². The predicted octanol–water partition coefficient (Wildman–Crippen LogP) is 4.32. The molecule has 0 aliphatic carbocycles. The molecule has 0 spiro atoms. The summed E-state index contributed by atoms with van der Waals surface area (Å²) in [5, 5.41) is 0.430. The minimum Gasteiger partial charge on any atom is -0.325 e. The number of benzene rings is 1. The van der Waals surface area contributed by atoms with Crippen molar-refractivity contribution in [3.63, 3.8) is 0 Å². The normalized spacial score (nSPS) is 14.6. The van der Waals surface area contributed by atoms with E-state index in [0.717, 1.165) is 25.7 Å². The van der Waals surface area contributed by atoms with E-state index in [9.17, 15) is 4.39 Å². The Morgan fingerprint density at radius 3 is 2.59 bits per heavy atom. The van der Waals surface area contributed by atoms with Gasteiger partial charge in [0.1, 0.15) is 5.82 Å². The van der Waals surface area contributed by atoms with E-state index < -0.39 is 0 Å². The van der Waals surface area contributed by atoms with E-state index in [4.69, 9.17) is 17.3 Å². The van der Waals surface area contributed by atoms with Gasteiger partial charge in [0.15, 0.2) is 0 Å². The van der Waals surface area contributed by atoms with Crippen molar-refractivity contribution >= 4 is 11.6 Å². The fraction of sp³-hybridized carbons (Fsp3) is 0.571. The maximum absolute atomic E-state index is 13.7. The zero-order valence-corrected chi connectivity index (χ0v) is 11.4. The molecule has 0 saturated carbocycles. The first kappa shape index (κ1) is 14.5. The van der Waals surface area contributed by atoms with Gasteiger partial charge in [-0.25, -0.2) is 4.39 Å². The van der Waals surface area contributed by atoms with E-state index in [-0.39, 0.29) is 11.4 Å². The average molecular weight is 258 g/mol. The van der Waals surface area contributed by atoms with Crippen LogP contribution in [0.25, 0.3) is 0 Å². The van der Waals surface area contributed by atoms with Crippen LogP contribution in [0.2, 0.25) is 5.02 Å². The average Bonchev–Trinajstić information content (AvgIpc) is 2.30. The highest BCUT2D eigenvalue weighted by Crippen LogP contribution is 2.24. The van der Waals surface area contributed by atoms with Gasteiger partial charge in [0.05, 0.1) is 0 Å². The fourth-order valence-corrected chi connectivity index (χ4v) is 2.12. The van der Waals surface area contributed by atoms with Crippen LogP contribution in [0.5, 0.6) is 0 Å². The first-order valence-electron chi connectivity index (χ1n) is 6.23. The van der Waals surface area contributed by atoms with Crippen molar-refractivity contribution in [3.8, 4) is 0 Å². The van der Waals surface area contributed by atoms with Gasteiger partial charge in [-0.3, -0.25) is 0 Å². The highest BCUT2D eigenvalue weighted by molar-refractivity contribution is 6.30. The second-order valence-corrected chi connectivity index (χ2v) is 5.17. The smallest absolute Gasteiger partial charge is 0.127 e. The van der Waals surface area contributed by atoms with E-state index in [1.54, 1.807) is 12.1 Å². The Bertz CT molecular complexity index is 367. The maximum Gasteiger partial charge on any atom is 0.127 e. The minimum atomic E-state index is -0.301. The van der Waals surface area contributed by atoms with E-state index in [0.29, 0.717) is 17.0 Å². The SMILES string of the molecule is CCCCC(N)(CC)Cc1ccc(Cl)cc1F. The molecular formula is C14H21ClFN. The molecule has 0 aliphatic heterocycles. The maximum atomic E-state index is 13.7. The van der Waals surface area contributed by atoms with E-state index in [2.05, 4.69) is 13.8 Å². The summed E-state index contributed by atoms with van der Waals surface area (Å²) in [6.07, 6.45) is 4.56. The molecule has 0 amide bonds. The first-order chi connectivity index (χ1) is 8.00. The second kappa shape index (κ2) is 6.36. The molecule has 1 unspecified atom stereocenters. The van der Waals surface area contributed by atoms with Crippen LogP contribution in [0.15, 0.2) is 18.2 Å². The van der Waals surface area contributed by atoms with Crippen molar-refractivity contribution < 1.29 is 4.39 Å². The van der Waals surface area contributed by atoms with Crippen molar-refractivity contribution in [2.24, 2.45) is 5.73 Å². The Morgan fingerprint density at radius 2 is 2.06 bits per heavy atom. The Kier molecular flexibility index (Phi) is 5.41. The van der Waals surface area contributed by atoms with Crippen molar-refractivity contribution in [2.75, 3.05) is 0 Å². The van der Waals surface area contributed by atoms with Gasteiger partial charge in [-0.1, -0.05) is 44.4 Å². The van der Waals surface area contributed by atoms with Crippen LogP contribution in [0.3, 0.4) is 0 Å². The quantitative estimate of drug-likeness (QED) is 0.807. The highest BCUT2D eigenvalue weighted by Gasteiger charge is 2.23. The lowest BCUT2D eigenvalue weighted by Crippen LogP contribution is -2.41. The number of halogens is 2. The minimum absolute atomic E-state index is 0.253. The Labute approximate surface area is 108 Å². The van der Waals surface area contributed by atoms with Crippen molar-refractivity contribution in [2.45, 2.75) is 51.5 Å². The number of rotatable bonds is 6. The predicted molar refractivity (Wildman–Crippen MR) is 71.8 cm³/mol. The lowest BCUT2D eigenvalue weighted by molar-refractivity contribution is 0.360. The van der Waals surface area contributed by atoms with Gasteiger partial charge in [-0.2, -0.15) is 0 Å². The van der Waals surface area contributed by atoms with Crippen LogP contribution in [-0.2, 0) is 6.42 Å². The summed E-state index contributed by atoms with van der Waals surface area (Å²) in [6.45, 7) is 4.20. The summed E-state index contributed by atoms with van der Waals surface area (Å²) in [5.74, 6) is -0.253. The molecule has 0 fully saturated rings. The van der Waals surface area contributed by atoms with Gasteiger partial charge < -0.3 is 5.73 Å². The molecule has 0 bridgehead atoms. The standard InChI is InChI=1S/C14H21ClFN/c1-3-5-8-14(17,4-2)10-11-6-7-12(15)9-13(11)16/h6-7,9H,3-5,8,10,17H2,1-2H3. The molecule has 1 rings (SSSR count). The third-order valence-corrected chi connectivity index (χ3v) is 3.53. The first-order valence-corrected chi connectivity index (χ1v) is 6.61. The van der Waals surface area contributed by atoms with Crippen molar-refractivity contribution in [3.05, 3.63) is 34.6 Å². The molecule has 1 nitrogen and oxygen atoms in total. The summed E-state index contributed by atoms with van der Waals surface area (Å²) in [6, 6.07) is 4.81. The monoisotopic (exact) mass is 257 g/mol. The Morgan fingerprint density at radius 1 is 1.35 bits per heavy atom. The molecule has 0 aromatic heterocycles. The molecular weight excluding hydrogens is 237 g/mol. The number of hydrogen-bond acceptors (Lipinski definition) is 1. The number of hydrogen-bond donors (Lipinski definition) is 1.